The second-order valence-electron chi connectivity index (χ2n) is 4.22. The Bertz CT molecular complexity index is 664. The Morgan fingerprint density at radius 2 is 1.75 bits per heavy atom. The first-order valence-corrected chi connectivity index (χ1v) is 6.29. The summed E-state index contributed by atoms with van der Waals surface area (Å²) in [5, 5.41) is 5.56. The lowest BCUT2D eigenvalue weighted by molar-refractivity contribution is -0.114. The van der Waals surface area contributed by atoms with Gasteiger partial charge in [0.05, 0.1) is 0 Å². The highest BCUT2D eigenvalue weighted by Gasteiger charge is 2.13. The molecule has 0 spiro atoms. The maximum atomic E-state index is 12.0. The molecule has 0 unspecified atom stereocenters. The van der Waals surface area contributed by atoms with Crippen LogP contribution in [0.1, 0.15) is 23.0 Å². The fourth-order valence-corrected chi connectivity index (χ4v) is 1.86. The van der Waals surface area contributed by atoms with Gasteiger partial charge in [-0.3, -0.25) is 9.59 Å². The Morgan fingerprint density at radius 1 is 1.10 bits per heavy atom. The lowest BCUT2D eigenvalue weighted by atomic mass is 10.1. The second-order valence-corrected chi connectivity index (χ2v) is 4.59. The van der Waals surface area contributed by atoms with Crippen LogP contribution in [-0.4, -0.2) is 11.8 Å². The topological polar surface area (TPSA) is 71.3 Å². The van der Waals surface area contributed by atoms with Crippen LogP contribution in [0.15, 0.2) is 34.7 Å². The number of hydrogen-bond acceptors (Lipinski definition) is 3. The lowest BCUT2D eigenvalue weighted by Gasteiger charge is -2.12. The van der Waals surface area contributed by atoms with E-state index in [0.29, 0.717) is 11.4 Å². The van der Waals surface area contributed by atoms with Crippen molar-refractivity contribution in [1.82, 2.24) is 0 Å². The van der Waals surface area contributed by atoms with Crippen LogP contribution in [0.4, 0.5) is 11.4 Å². The number of furan rings is 1. The first-order chi connectivity index (χ1) is 9.47. The summed E-state index contributed by atoms with van der Waals surface area (Å²) < 4.78 is 5.04. The molecule has 5 nitrogen and oxygen atoms in total. The molecule has 6 heteroatoms. The molecule has 0 bridgehead atoms. The molecule has 0 atom stereocenters. The van der Waals surface area contributed by atoms with E-state index in [4.69, 9.17) is 16.0 Å². The molecule has 0 aliphatic rings. The van der Waals surface area contributed by atoms with Crippen molar-refractivity contribution in [2.75, 3.05) is 10.6 Å². The molecule has 1 aromatic carbocycles. The number of hydrogen-bond donors (Lipinski definition) is 2. The summed E-state index contributed by atoms with van der Waals surface area (Å²) >= 11 is 5.63. The highest BCUT2D eigenvalue weighted by molar-refractivity contribution is 6.29. The summed E-state index contributed by atoms with van der Waals surface area (Å²) in [7, 11) is 0. The first-order valence-electron chi connectivity index (χ1n) is 5.91. The van der Waals surface area contributed by atoms with Crippen LogP contribution < -0.4 is 10.6 Å². The summed E-state index contributed by atoms with van der Waals surface area (Å²) in [4.78, 5) is 23.1. The quantitative estimate of drug-likeness (QED) is 0.910. The number of amides is 2. The molecule has 1 aromatic heterocycles. The highest BCUT2D eigenvalue weighted by Crippen LogP contribution is 2.24. The zero-order valence-corrected chi connectivity index (χ0v) is 11.7. The van der Waals surface area contributed by atoms with Gasteiger partial charge >= 0.3 is 0 Å². The molecule has 1 heterocycles. The van der Waals surface area contributed by atoms with Gasteiger partial charge in [0.1, 0.15) is 0 Å². The minimum absolute atomic E-state index is 0.124. The molecule has 104 valence electrons. The lowest BCUT2D eigenvalue weighted by Crippen LogP contribution is -2.13. The summed E-state index contributed by atoms with van der Waals surface area (Å²) in [6, 6.07) is 8.23. The van der Waals surface area contributed by atoms with Gasteiger partial charge < -0.3 is 15.1 Å². The molecule has 2 aromatic rings. The van der Waals surface area contributed by atoms with E-state index < -0.39 is 5.91 Å². The largest absolute Gasteiger partial charge is 0.440 e. The zero-order valence-electron chi connectivity index (χ0n) is 11.0. The van der Waals surface area contributed by atoms with Crippen molar-refractivity contribution in [2.45, 2.75) is 13.8 Å². The third-order valence-corrected chi connectivity index (χ3v) is 2.89. The second kappa shape index (κ2) is 5.79. The standard InChI is InChI=1S/C14H13ClN2O3/c1-8-10(16-9(2)18)4-3-5-11(8)17-14(19)12-6-7-13(15)20-12/h3-7H,1-2H3,(H,16,18)(H,17,19). The zero-order chi connectivity index (χ0) is 14.7. The number of benzene rings is 1. The summed E-state index contributed by atoms with van der Waals surface area (Å²) in [6.45, 7) is 3.23. The van der Waals surface area contributed by atoms with Gasteiger partial charge in [-0.15, -0.1) is 0 Å². The van der Waals surface area contributed by atoms with Crippen LogP contribution in [0, 0.1) is 6.92 Å². The van der Waals surface area contributed by atoms with Gasteiger partial charge in [-0.2, -0.15) is 0 Å². The van der Waals surface area contributed by atoms with Crippen LogP contribution in [-0.2, 0) is 4.79 Å². The SMILES string of the molecule is CC(=O)Nc1cccc(NC(=O)c2ccc(Cl)o2)c1C. The van der Waals surface area contributed by atoms with Crippen molar-refractivity contribution in [1.29, 1.82) is 0 Å². The predicted molar refractivity (Wildman–Crippen MR) is 77.2 cm³/mol. The Labute approximate surface area is 120 Å². The summed E-state index contributed by atoms with van der Waals surface area (Å²) in [5.41, 5.74) is 2.00. The normalized spacial score (nSPS) is 10.2. The number of halogens is 1. The van der Waals surface area contributed by atoms with Crippen molar-refractivity contribution in [3.8, 4) is 0 Å². The van der Waals surface area contributed by atoms with Gasteiger partial charge in [0.2, 0.25) is 5.91 Å². The molecule has 2 N–H and O–H groups in total. The van der Waals surface area contributed by atoms with Crippen molar-refractivity contribution in [3.63, 3.8) is 0 Å². The molecule has 0 aliphatic carbocycles. The van der Waals surface area contributed by atoms with E-state index in [1.807, 2.05) is 0 Å². The van der Waals surface area contributed by atoms with Gasteiger partial charge in [0, 0.05) is 18.3 Å². The van der Waals surface area contributed by atoms with Crippen molar-refractivity contribution < 1.29 is 14.0 Å². The van der Waals surface area contributed by atoms with Gasteiger partial charge in [-0.1, -0.05) is 6.07 Å². The molecule has 0 fully saturated rings. The highest BCUT2D eigenvalue weighted by atomic mass is 35.5. The molecule has 20 heavy (non-hydrogen) atoms. The number of carbonyl (C=O) groups excluding carboxylic acids is 2. The molecular formula is C14H13ClN2O3. The van der Waals surface area contributed by atoms with E-state index in [-0.39, 0.29) is 16.9 Å². The number of anilines is 2. The molecule has 0 saturated heterocycles. The molecule has 2 amide bonds. The monoisotopic (exact) mass is 292 g/mol. The van der Waals surface area contributed by atoms with E-state index in [2.05, 4.69) is 10.6 Å². The molecule has 0 aliphatic heterocycles. The van der Waals surface area contributed by atoms with Crippen LogP contribution in [0.3, 0.4) is 0 Å². The third kappa shape index (κ3) is 3.19. The van der Waals surface area contributed by atoms with Gasteiger partial charge in [0.25, 0.3) is 5.91 Å². The van der Waals surface area contributed by atoms with Crippen LogP contribution in [0.5, 0.6) is 0 Å². The van der Waals surface area contributed by atoms with E-state index in [9.17, 15) is 9.59 Å². The van der Waals surface area contributed by atoms with Crippen molar-refractivity contribution in [2.24, 2.45) is 0 Å². The fraction of sp³-hybridized carbons (Fsp3) is 0.143. The minimum atomic E-state index is -0.403. The van der Waals surface area contributed by atoms with Crippen molar-refractivity contribution in [3.05, 3.63) is 46.9 Å². The number of carbonyl (C=O) groups is 2. The van der Waals surface area contributed by atoms with Crippen LogP contribution in [0.2, 0.25) is 5.22 Å². The summed E-state index contributed by atoms with van der Waals surface area (Å²) in [6.07, 6.45) is 0. The Hall–Kier alpha value is -2.27. The Balaban J connectivity index is 2.21. The average Bonchev–Trinajstić information content (AvgIpc) is 2.80. The van der Waals surface area contributed by atoms with Crippen molar-refractivity contribution >= 4 is 34.8 Å². The van der Waals surface area contributed by atoms with Gasteiger partial charge in [-0.05, 0) is 48.4 Å². The van der Waals surface area contributed by atoms with E-state index >= 15 is 0 Å². The third-order valence-electron chi connectivity index (χ3n) is 2.69. The Kier molecular flexibility index (Phi) is 4.10. The maximum absolute atomic E-state index is 12.0. The minimum Gasteiger partial charge on any atom is -0.440 e. The van der Waals surface area contributed by atoms with E-state index in [0.717, 1.165) is 5.56 Å². The number of rotatable bonds is 3. The molecule has 0 saturated carbocycles. The van der Waals surface area contributed by atoms with Crippen LogP contribution >= 0.6 is 11.6 Å². The smallest absolute Gasteiger partial charge is 0.291 e. The fourth-order valence-electron chi connectivity index (χ4n) is 1.72. The maximum Gasteiger partial charge on any atom is 0.291 e. The van der Waals surface area contributed by atoms with Gasteiger partial charge in [-0.25, -0.2) is 0 Å². The molecule has 2 rings (SSSR count). The first kappa shape index (κ1) is 14.1. The average molecular weight is 293 g/mol. The molecule has 0 radical (unpaired) electrons. The predicted octanol–water partition coefficient (Wildman–Crippen LogP) is 3.45. The molecular weight excluding hydrogens is 280 g/mol. The van der Waals surface area contributed by atoms with Crippen LogP contribution in [0.25, 0.3) is 0 Å². The van der Waals surface area contributed by atoms with E-state index in [1.165, 1.54) is 19.1 Å². The van der Waals surface area contributed by atoms with E-state index in [1.54, 1.807) is 25.1 Å². The summed E-state index contributed by atoms with van der Waals surface area (Å²) in [5.74, 6) is -0.450. The number of nitrogens with one attached hydrogen (secondary N) is 2. The Morgan fingerprint density at radius 3 is 2.30 bits per heavy atom. The van der Waals surface area contributed by atoms with Gasteiger partial charge in [0.15, 0.2) is 11.0 Å².